The Bertz CT molecular complexity index is 1070. The van der Waals surface area contributed by atoms with Crippen molar-refractivity contribution in [3.63, 3.8) is 0 Å². The lowest BCUT2D eigenvalue weighted by Crippen LogP contribution is -2.31. The summed E-state index contributed by atoms with van der Waals surface area (Å²) in [7, 11) is 0. The summed E-state index contributed by atoms with van der Waals surface area (Å²) in [6, 6.07) is 6.46. The number of piperidine rings is 1. The summed E-state index contributed by atoms with van der Waals surface area (Å²) >= 11 is 12.1. The number of nitrogens with zero attached hydrogens (tertiary/aromatic N) is 4. The Morgan fingerprint density at radius 3 is 2.45 bits per heavy atom. The molecule has 3 heterocycles. The zero-order chi connectivity index (χ0) is 20.4. The number of hydrogen-bond acceptors (Lipinski definition) is 6. The number of aryl methyl sites for hydroxylation is 1. The normalized spacial score (nSPS) is 14.1. The predicted molar refractivity (Wildman–Crippen MR) is 116 cm³/mol. The third kappa shape index (κ3) is 4.68. The summed E-state index contributed by atoms with van der Waals surface area (Å²) in [6.07, 6.45) is 5.29. The van der Waals surface area contributed by atoms with Crippen molar-refractivity contribution in [1.29, 1.82) is 0 Å². The van der Waals surface area contributed by atoms with Crippen molar-refractivity contribution in [3.8, 4) is 11.3 Å². The van der Waals surface area contributed by atoms with Crippen molar-refractivity contribution in [1.82, 2.24) is 19.9 Å². The largest absolute Gasteiger partial charge is 0.341 e. The molecule has 29 heavy (non-hydrogen) atoms. The van der Waals surface area contributed by atoms with E-state index in [9.17, 15) is 4.79 Å². The molecule has 0 saturated carbocycles. The molecule has 0 bridgehead atoms. The summed E-state index contributed by atoms with van der Waals surface area (Å²) in [6.45, 7) is 3.84. The highest BCUT2D eigenvalue weighted by molar-refractivity contribution is 6.35. The van der Waals surface area contributed by atoms with Gasteiger partial charge < -0.3 is 10.2 Å². The minimum Gasteiger partial charge on any atom is -0.341 e. The van der Waals surface area contributed by atoms with Crippen LogP contribution < -0.4 is 15.8 Å². The molecule has 1 aliphatic heterocycles. The first kappa shape index (κ1) is 19.7. The van der Waals surface area contributed by atoms with E-state index in [1.54, 1.807) is 24.4 Å². The Morgan fingerprint density at radius 1 is 1.03 bits per heavy atom. The second-order valence-corrected chi connectivity index (χ2v) is 7.85. The highest BCUT2D eigenvalue weighted by atomic mass is 35.5. The number of benzene rings is 1. The van der Waals surface area contributed by atoms with Gasteiger partial charge in [0.2, 0.25) is 11.9 Å². The van der Waals surface area contributed by atoms with E-state index in [2.05, 4.69) is 30.2 Å². The Kier molecular flexibility index (Phi) is 5.69. The summed E-state index contributed by atoms with van der Waals surface area (Å²) in [4.78, 5) is 30.7. The molecule has 0 aliphatic carbocycles. The highest BCUT2D eigenvalue weighted by Gasteiger charge is 2.16. The molecule has 1 aromatic carbocycles. The number of nitrogens with one attached hydrogen (secondary N) is 2. The first-order chi connectivity index (χ1) is 14.0. The van der Waals surface area contributed by atoms with Crippen LogP contribution >= 0.6 is 23.2 Å². The van der Waals surface area contributed by atoms with E-state index in [1.807, 2.05) is 6.92 Å². The number of hydrogen-bond donors (Lipinski definition) is 2. The number of rotatable bonds is 4. The van der Waals surface area contributed by atoms with Crippen LogP contribution in [0.5, 0.6) is 0 Å². The number of halogens is 2. The minimum atomic E-state index is -0.287. The van der Waals surface area contributed by atoms with Gasteiger partial charge in [-0.2, -0.15) is 0 Å². The van der Waals surface area contributed by atoms with Crippen LogP contribution in [-0.4, -0.2) is 33.0 Å². The predicted octanol–water partition coefficient (Wildman–Crippen LogP) is 4.58. The number of H-pyrrole nitrogens is 1. The molecule has 1 fully saturated rings. The zero-order valence-electron chi connectivity index (χ0n) is 15.9. The van der Waals surface area contributed by atoms with E-state index < -0.39 is 0 Å². The SMILES string of the molecule is Cc1nc(N2CCCCC2)ncc1-c1cc(=O)[nH]c(Nc2cc(Cl)cc(Cl)c2)n1. The molecule has 7 nitrogen and oxygen atoms in total. The summed E-state index contributed by atoms with van der Waals surface area (Å²) in [5.74, 6) is 1.01. The molecule has 1 saturated heterocycles. The Morgan fingerprint density at radius 2 is 1.76 bits per heavy atom. The lowest BCUT2D eigenvalue weighted by molar-refractivity contribution is 0.568. The Hall–Kier alpha value is -2.64. The van der Waals surface area contributed by atoms with E-state index in [-0.39, 0.29) is 11.5 Å². The number of anilines is 3. The maximum absolute atomic E-state index is 12.2. The van der Waals surface area contributed by atoms with Crippen molar-refractivity contribution in [2.24, 2.45) is 0 Å². The average Bonchev–Trinajstić information content (AvgIpc) is 2.67. The molecule has 0 amide bonds. The fourth-order valence-electron chi connectivity index (χ4n) is 3.37. The molecular weight excluding hydrogens is 411 g/mol. The van der Waals surface area contributed by atoms with Crippen molar-refractivity contribution in [2.45, 2.75) is 26.2 Å². The monoisotopic (exact) mass is 430 g/mol. The van der Waals surface area contributed by atoms with Crippen molar-refractivity contribution >= 4 is 40.8 Å². The van der Waals surface area contributed by atoms with E-state index in [1.165, 1.54) is 12.5 Å². The molecule has 2 N–H and O–H groups in total. The van der Waals surface area contributed by atoms with Gasteiger partial charge in [-0.3, -0.25) is 9.78 Å². The van der Waals surface area contributed by atoms with E-state index in [4.69, 9.17) is 23.2 Å². The summed E-state index contributed by atoms with van der Waals surface area (Å²) in [5, 5.41) is 4.00. The smallest absolute Gasteiger partial charge is 0.252 e. The molecule has 1 aliphatic rings. The molecule has 0 spiro atoms. The van der Waals surface area contributed by atoms with Gasteiger partial charge >= 0.3 is 0 Å². The van der Waals surface area contributed by atoms with Crippen LogP contribution in [0.15, 0.2) is 35.3 Å². The van der Waals surface area contributed by atoms with E-state index >= 15 is 0 Å². The fraction of sp³-hybridized carbons (Fsp3) is 0.300. The van der Waals surface area contributed by atoms with Gasteiger partial charge in [0.1, 0.15) is 0 Å². The second-order valence-electron chi connectivity index (χ2n) is 6.98. The van der Waals surface area contributed by atoms with E-state index in [0.29, 0.717) is 27.0 Å². The molecule has 0 atom stereocenters. The molecule has 0 unspecified atom stereocenters. The fourth-order valence-corrected chi connectivity index (χ4v) is 3.90. The number of aromatic amines is 1. The molecule has 0 radical (unpaired) electrons. The first-order valence-electron chi connectivity index (χ1n) is 9.41. The summed E-state index contributed by atoms with van der Waals surface area (Å²) < 4.78 is 0. The van der Waals surface area contributed by atoms with Crippen LogP contribution in [0.2, 0.25) is 10.0 Å². The Labute approximate surface area is 178 Å². The van der Waals surface area contributed by atoms with E-state index in [0.717, 1.165) is 37.6 Å². The molecule has 4 rings (SSSR count). The molecule has 9 heteroatoms. The van der Waals surface area contributed by atoms with Crippen LogP contribution in [0.1, 0.15) is 25.0 Å². The maximum atomic E-state index is 12.2. The second kappa shape index (κ2) is 8.39. The molecular formula is C20H20Cl2N6O. The van der Waals surface area contributed by atoms with Gasteiger partial charge in [0.05, 0.1) is 11.4 Å². The van der Waals surface area contributed by atoms with Gasteiger partial charge in [0.15, 0.2) is 0 Å². The molecule has 150 valence electrons. The summed E-state index contributed by atoms with van der Waals surface area (Å²) in [5.41, 5.74) is 2.31. The van der Waals surface area contributed by atoms with Crippen LogP contribution in [0.4, 0.5) is 17.6 Å². The Balaban J connectivity index is 1.64. The number of aromatic nitrogens is 4. The van der Waals surface area contributed by atoms with Crippen LogP contribution in [0, 0.1) is 6.92 Å². The highest BCUT2D eigenvalue weighted by Crippen LogP contribution is 2.26. The minimum absolute atomic E-state index is 0.283. The average molecular weight is 431 g/mol. The van der Waals surface area contributed by atoms with Crippen molar-refractivity contribution in [2.75, 3.05) is 23.3 Å². The maximum Gasteiger partial charge on any atom is 0.252 e. The van der Waals surface area contributed by atoms with Gasteiger partial charge in [-0.25, -0.2) is 15.0 Å². The lowest BCUT2D eigenvalue weighted by atomic mass is 10.1. The van der Waals surface area contributed by atoms with Crippen LogP contribution in [-0.2, 0) is 0 Å². The third-order valence-electron chi connectivity index (χ3n) is 4.75. The standard InChI is InChI=1S/C20H20Cl2N6O/c1-12-16(11-23-20(24-12)28-5-3-2-4-6-28)17-10-18(29)27-19(26-17)25-15-8-13(21)7-14(22)9-15/h7-11H,2-6H2,1H3,(H2,25,26,27,29). The van der Waals surface area contributed by atoms with Gasteiger partial charge in [-0.15, -0.1) is 0 Å². The third-order valence-corrected chi connectivity index (χ3v) is 5.18. The lowest BCUT2D eigenvalue weighted by Gasteiger charge is -2.26. The van der Waals surface area contributed by atoms with Crippen LogP contribution in [0.25, 0.3) is 11.3 Å². The molecule has 2 aromatic heterocycles. The zero-order valence-corrected chi connectivity index (χ0v) is 17.4. The van der Waals surface area contributed by atoms with Gasteiger partial charge in [-0.05, 0) is 44.4 Å². The van der Waals surface area contributed by atoms with Gasteiger partial charge in [0.25, 0.3) is 5.56 Å². The first-order valence-corrected chi connectivity index (χ1v) is 10.2. The topological polar surface area (TPSA) is 86.8 Å². The molecule has 3 aromatic rings. The van der Waals surface area contributed by atoms with Crippen LogP contribution in [0.3, 0.4) is 0 Å². The van der Waals surface area contributed by atoms with Crippen molar-refractivity contribution in [3.05, 3.63) is 56.6 Å². The quantitative estimate of drug-likeness (QED) is 0.629. The van der Waals surface area contributed by atoms with Gasteiger partial charge in [-0.1, -0.05) is 23.2 Å². The van der Waals surface area contributed by atoms with Gasteiger partial charge in [0, 0.05) is 46.6 Å². The van der Waals surface area contributed by atoms with Crippen molar-refractivity contribution < 1.29 is 0 Å².